The van der Waals surface area contributed by atoms with Gasteiger partial charge in [0.2, 0.25) is 0 Å². The zero-order valence-corrected chi connectivity index (χ0v) is 19.6. The first-order valence-electron chi connectivity index (χ1n) is 11.6. The van der Waals surface area contributed by atoms with Crippen LogP contribution in [0.5, 0.6) is 0 Å². The first-order valence-corrected chi connectivity index (χ1v) is 11.6. The number of aryl methyl sites for hydroxylation is 2. The molecule has 5 nitrogen and oxygen atoms in total. The molecule has 1 aliphatic rings. The van der Waals surface area contributed by atoms with Gasteiger partial charge in [0.05, 0.1) is 6.04 Å². The second-order valence-electron chi connectivity index (χ2n) is 8.94. The molecule has 5 heteroatoms. The first-order chi connectivity index (χ1) is 15.9. The van der Waals surface area contributed by atoms with Crippen molar-refractivity contribution in [2.24, 2.45) is 0 Å². The zero-order chi connectivity index (χ0) is 23.4. The van der Waals surface area contributed by atoms with Crippen molar-refractivity contribution in [3.8, 4) is 11.1 Å². The number of aromatic nitrogens is 1. The topological polar surface area (TPSA) is 62.7 Å². The number of aliphatic hydroxyl groups excluding tert-OH is 1. The highest BCUT2D eigenvalue weighted by Gasteiger charge is 2.43. The van der Waals surface area contributed by atoms with E-state index in [4.69, 9.17) is 4.74 Å². The van der Waals surface area contributed by atoms with Crippen molar-refractivity contribution in [1.29, 1.82) is 0 Å². The lowest BCUT2D eigenvalue weighted by atomic mass is 9.84. The fourth-order valence-corrected chi connectivity index (χ4v) is 4.79. The van der Waals surface area contributed by atoms with Crippen LogP contribution in [0.2, 0.25) is 0 Å². The molecule has 1 N–H and O–H groups in total. The van der Waals surface area contributed by atoms with E-state index in [2.05, 4.69) is 41.4 Å². The normalized spacial score (nSPS) is 19.3. The van der Waals surface area contributed by atoms with Gasteiger partial charge >= 0.3 is 6.09 Å². The molecule has 0 spiro atoms. The van der Waals surface area contributed by atoms with E-state index in [0.29, 0.717) is 25.8 Å². The summed E-state index contributed by atoms with van der Waals surface area (Å²) in [7, 11) is 0. The van der Waals surface area contributed by atoms with Gasteiger partial charge in [0, 0.05) is 31.0 Å². The number of carbonyl (C=O) groups excluding carboxylic acids is 1. The van der Waals surface area contributed by atoms with Crippen molar-refractivity contribution < 1.29 is 14.6 Å². The fourth-order valence-electron chi connectivity index (χ4n) is 4.79. The van der Waals surface area contributed by atoms with Crippen LogP contribution in [0.1, 0.15) is 54.7 Å². The van der Waals surface area contributed by atoms with Crippen LogP contribution in [0.3, 0.4) is 0 Å². The number of cyclic esters (lactones) is 1. The molecule has 33 heavy (non-hydrogen) atoms. The van der Waals surface area contributed by atoms with Gasteiger partial charge in [-0.25, -0.2) is 4.79 Å². The van der Waals surface area contributed by atoms with Crippen LogP contribution in [0.25, 0.3) is 11.1 Å². The van der Waals surface area contributed by atoms with Gasteiger partial charge in [-0.1, -0.05) is 54.6 Å². The lowest BCUT2D eigenvalue weighted by Gasteiger charge is -2.43. The Balaban J connectivity index is 1.51. The standard InChI is InChI=1S/C28H32N2O3/c1-20-18-25(19-21(2)29-20)24-12-10-23(11-13-24)22(3)30-16-15-28(14-7-17-31,33-27(30)32)26-8-5-4-6-9-26/h4-6,8-13,18-19,22,31H,7,14-17H2,1-3H3/t22-,28+/m0/s1. The molecule has 0 unspecified atom stereocenters. The summed E-state index contributed by atoms with van der Waals surface area (Å²) in [4.78, 5) is 19.4. The van der Waals surface area contributed by atoms with Crippen molar-refractivity contribution in [1.82, 2.24) is 9.88 Å². The van der Waals surface area contributed by atoms with Gasteiger partial charge < -0.3 is 14.7 Å². The minimum Gasteiger partial charge on any atom is -0.438 e. The predicted octanol–water partition coefficient (Wildman–Crippen LogP) is 5.94. The maximum Gasteiger partial charge on any atom is 0.411 e. The lowest BCUT2D eigenvalue weighted by molar-refractivity contribution is -0.0680. The minimum absolute atomic E-state index is 0.0785. The second-order valence-corrected chi connectivity index (χ2v) is 8.94. The van der Waals surface area contributed by atoms with Crippen molar-refractivity contribution in [2.75, 3.05) is 13.2 Å². The van der Waals surface area contributed by atoms with E-state index >= 15 is 0 Å². The molecule has 4 rings (SSSR count). The summed E-state index contributed by atoms with van der Waals surface area (Å²) in [6, 6.07) is 22.3. The number of nitrogens with zero attached hydrogens (tertiary/aromatic N) is 2. The highest BCUT2D eigenvalue weighted by atomic mass is 16.6. The van der Waals surface area contributed by atoms with E-state index in [-0.39, 0.29) is 18.7 Å². The smallest absolute Gasteiger partial charge is 0.411 e. The van der Waals surface area contributed by atoms with E-state index in [9.17, 15) is 9.90 Å². The van der Waals surface area contributed by atoms with Crippen LogP contribution in [-0.2, 0) is 10.3 Å². The van der Waals surface area contributed by atoms with E-state index in [1.807, 2.05) is 51.1 Å². The van der Waals surface area contributed by atoms with Gasteiger partial charge in [-0.05, 0) is 68.0 Å². The molecule has 0 bridgehead atoms. The monoisotopic (exact) mass is 444 g/mol. The molecule has 2 aromatic carbocycles. The molecule has 1 aromatic heterocycles. The number of pyridine rings is 1. The summed E-state index contributed by atoms with van der Waals surface area (Å²) in [6.45, 7) is 6.73. The predicted molar refractivity (Wildman–Crippen MR) is 130 cm³/mol. The van der Waals surface area contributed by atoms with Crippen molar-refractivity contribution in [2.45, 2.75) is 51.7 Å². The Hall–Kier alpha value is -3.18. The van der Waals surface area contributed by atoms with Gasteiger partial charge in [-0.3, -0.25) is 4.98 Å². The number of hydrogen-bond donors (Lipinski definition) is 1. The third kappa shape index (κ3) is 4.93. The Morgan fingerprint density at radius 1 is 1.03 bits per heavy atom. The molecular weight excluding hydrogens is 412 g/mol. The zero-order valence-electron chi connectivity index (χ0n) is 19.6. The summed E-state index contributed by atoms with van der Waals surface area (Å²) >= 11 is 0. The Morgan fingerprint density at radius 3 is 2.30 bits per heavy atom. The molecule has 172 valence electrons. The molecule has 1 amide bonds. The lowest BCUT2D eigenvalue weighted by Crippen LogP contribution is -2.48. The van der Waals surface area contributed by atoms with Crippen LogP contribution in [0, 0.1) is 13.8 Å². The Morgan fingerprint density at radius 2 is 1.70 bits per heavy atom. The number of hydrogen-bond acceptors (Lipinski definition) is 4. The van der Waals surface area contributed by atoms with Gasteiger partial charge in [-0.15, -0.1) is 0 Å². The second kappa shape index (κ2) is 9.75. The Bertz CT molecular complexity index is 1080. The minimum atomic E-state index is -0.682. The quantitative estimate of drug-likeness (QED) is 0.490. The molecule has 1 aliphatic heterocycles. The average molecular weight is 445 g/mol. The van der Waals surface area contributed by atoms with Gasteiger partial charge in [0.1, 0.15) is 5.60 Å². The van der Waals surface area contributed by atoms with Crippen LogP contribution < -0.4 is 0 Å². The van der Waals surface area contributed by atoms with Crippen molar-refractivity contribution >= 4 is 6.09 Å². The highest BCUT2D eigenvalue weighted by Crippen LogP contribution is 2.40. The average Bonchev–Trinajstić information content (AvgIpc) is 2.82. The first kappa shape index (κ1) is 23.0. The molecule has 1 saturated heterocycles. The third-order valence-electron chi connectivity index (χ3n) is 6.59. The van der Waals surface area contributed by atoms with Crippen molar-refractivity contribution in [3.63, 3.8) is 0 Å². The molecule has 0 aliphatic carbocycles. The van der Waals surface area contributed by atoms with Gasteiger partial charge in [-0.2, -0.15) is 0 Å². The largest absolute Gasteiger partial charge is 0.438 e. The van der Waals surface area contributed by atoms with Crippen LogP contribution in [-0.4, -0.2) is 34.2 Å². The molecule has 3 aromatic rings. The van der Waals surface area contributed by atoms with E-state index in [0.717, 1.165) is 33.6 Å². The summed E-state index contributed by atoms with van der Waals surface area (Å²) < 4.78 is 6.11. The van der Waals surface area contributed by atoms with Crippen LogP contribution >= 0.6 is 0 Å². The molecule has 0 radical (unpaired) electrons. The van der Waals surface area contributed by atoms with Crippen molar-refractivity contribution in [3.05, 3.63) is 89.2 Å². The number of carbonyl (C=O) groups is 1. The molecule has 1 fully saturated rings. The molecule has 0 saturated carbocycles. The number of aliphatic hydroxyl groups is 1. The van der Waals surface area contributed by atoms with E-state index in [1.54, 1.807) is 4.90 Å². The SMILES string of the molecule is Cc1cc(-c2ccc([C@H](C)N3CC[C@](CCCO)(c4ccccc4)OC3=O)cc2)cc(C)n1. The van der Waals surface area contributed by atoms with Crippen LogP contribution in [0.15, 0.2) is 66.7 Å². The Kier molecular flexibility index (Phi) is 6.80. The summed E-state index contributed by atoms with van der Waals surface area (Å²) in [6.07, 6.45) is 1.59. The van der Waals surface area contributed by atoms with Crippen LogP contribution in [0.4, 0.5) is 4.79 Å². The Labute approximate surface area is 196 Å². The van der Waals surface area contributed by atoms with E-state index < -0.39 is 5.60 Å². The molecule has 2 atom stereocenters. The molecular formula is C28H32N2O3. The number of amides is 1. The third-order valence-corrected chi connectivity index (χ3v) is 6.59. The maximum absolute atomic E-state index is 13.2. The number of ether oxygens (including phenoxy) is 1. The molecule has 2 heterocycles. The maximum atomic E-state index is 13.2. The highest BCUT2D eigenvalue weighted by molar-refractivity contribution is 5.70. The summed E-state index contributed by atoms with van der Waals surface area (Å²) in [5.74, 6) is 0. The number of benzene rings is 2. The van der Waals surface area contributed by atoms with Gasteiger partial charge in [0.15, 0.2) is 0 Å². The van der Waals surface area contributed by atoms with Gasteiger partial charge in [0.25, 0.3) is 0 Å². The summed E-state index contributed by atoms with van der Waals surface area (Å²) in [5.41, 5.74) is 5.66. The fraction of sp³-hybridized carbons (Fsp3) is 0.357. The number of rotatable bonds is 7. The van der Waals surface area contributed by atoms with E-state index in [1.165, 1.54) is 0 Å². The summed E-state index contributed by atoms with van der Waals surface area (Å²) in [5, 5.41) is 9.39.